The van der Waals surface area contributed by atoms with Crippen LogP contribution in [0.25, 0.3) is 11.0 Å². The summed E-state index contributed by atoms with van der Waals surface area (Å²) in [5, 5.41) is 3.29. The standard InChI is InChI=1S/C13H16N4O/c1-9-7-14-4-5-17(9)13(18)10-2-3-11-12(6-10)16-8-15-11/h2-3,6,8-9,14H,4-5,7H2,1H3,(H,15,16). The molecule has 1 amide bonds. The van der Waals surface area contributed by atoms with Gasteiger partial charge in [-0.25, -0.2) is 4.98 Å². The number of nitrogens with one attached hydrogen (secondary N) is 2. The first-order chi connectivity index (χ1) is 8.75. The van der Waals surface area contributed by atoms with Gasteiger partial charge in [-0.05, 0) is 25.1 Å². The maximum Gasteiger partial charge on any atom is 0.254 e. The number of piperazine rings is 1. The monoisotopic (exact) mass is 244 g/mol. The first-order valence-corrected chi connectivity index (χ1v) is 6.20. The van der Waals surface area contributed by atoms with E-state index in [1.807, 2.05) is 23.1 Å². The van der Waals surface area contributed by atoms with E-state index >= 15 is 0 Å². The molecule has 0 bridgehead atoms. The fraction of sp³-hybridized carbons (Fsp3) is 0.385. The molecule has 1 aromatic heterocycles. The molecule has 2 heterocycles. The quantitative estimate of drug-likeness (QED) is 0.786. The van der Waals surface area contributed by atoms with Gasteiger partial charge in [0.1, 0.15) is 0 Å². The van der Waals surface area contributed by atoms with Crippen molar-refractivity contribution >= 4 is 16.9 Å². The van der Waals surface area contributed by atoms with Gasteiger partial charge in [0.25, 0.3) is 5.91 Å². The summed E-state index contributed by atoms with van der Waals surface area (Å²) in [4.78, 5) is 21.6. The minimum atomic E-state index is 0.0977. The van der Waals surface area contributed by atoms with Crippen LogP contribution in [0.5, 0.6) is 0 Å². The average molecular weight is 244 g/mol. The summed E-state index contributed by atoms with van der Waals surface area (Å²) in [6.07, 6.45) is 1.65. The number of aromatic amines is 1. The van der Waals surface area contributed by atoms with Gasteiger partial charge >= 0.3 is 0 Å². The molecule has 1 aliphatic heterocycles. The number of rotatable bonds is 1. The van der Waals surface area contributed by atoms with E-state index in [9.17, 15) is 4.79 Å². The lowest BCUT2D eigenvalue weighted by molar-refractivity contribution is 0.0656. The van der Waals surface area contributed by atoms with Crippen molar-refractivity contribution in [3.8, 4) is 0 Å². The van der Waals surface area contributed by atoms with Crippen LogP contribution < -0.4 is 5.32 Å². The third-order valence-corrected chi connectivity index (χ3v) is 3.43. The van der Waals surface area contributed by atoms with Crippen LogP contribution in [0.1, 0.15) is 17.3 Å². The van der Waals surface area contributed by atoms with Crippen molar-refractivity contribution in [2.75, 3.05) is 19.6 Å². The van der Waals surface area contributed by atoms with Gasteiger partial charge in [0.05, 0.1) is 17.4 Å². The number of amides is 1. The van der Waals surface area contributed by atoms with Crippen LogP contribution in [-0.4, -0.2) is 46.5 Å². The maximum absolute atomic E-state index is 12.4. The zero-order chi connectivity index (χ0) is 12.5. The molecule has 18 heavy (non-hydrogen) atoms. The molecule has 5 heteroatoms. The number of aromatic nitrogens is 2. The SMILES string of the molecule is CC1CNCCN1C(=O)c1ccc2nc[nH]c2c1. The lowest BCUT2D eigenvalue weighted by atomic mass is 10.1. The van der Waals surface area contributed by atoms with Gasteiger partial charge in [-0.3, -0.25) is 4.79 Å². The lowest BCUT2D eigenvalue weighted by Crippen LogP contribution is -2.52. The van der Waals surface area contributed by atoms with Gasteiger partial charge in [-0.15, -0.1) is 0 Å². The van der Waals surface area contributed by atoms with Crippen LogP contribution >= 0.6 is 0 Å². The number of imidazole rings is 1. The van der Waals surface area contributed by atoms with E-state index in [2.05, 4.69) is 22.2 Å². The fourth-order valence-corrected chi connectivity index (χ4v) is 2.38. The van der Waals surface area contributed by atoms with E-state index in [1.165, 1.54) is 0 Å². The Kier molecular flexibility index (Phi) is 2.76. The second kappa shape index (κ2) is 4.42. The molecule has 2 N–H and O–H groups in total. The van der Waals surface area contributed by atoms with Crippen molar-refractivity contribution in [3.63, 3.8) is 0 Å². The fourth-order valence-electron chi connectivity index (χ4n) is 2.38. The first kappa shape index (κ1) is 11.2. The molecule has 1 aromatic carbocycles. The van der Waals surface area contributed by atoms with Crippen molar-refractivity contribution in [3.05, 3.63) is 30.1 Å². The van der Waals surface area contributed by atoms with Gasteiger partial charge in [0.2, 0.25) is 0 Å². The minimum Gasteiger partial charge on any atom is -0.345 e. The number of hydrogen-bond acceptors (Lipinski definition) is 3. The third-order valence-electron chi connectivity index (χ3n) is 3.43. The zero-order valence-electron chi connectivity index (χ0n) is 10.3. The number of fused-ring (bicyclic) bond motifs is 1. The van der Waals surface area contributed by atoms with Crippen LogP contribution in [0.15, 0.2) is 24.5 Å². The van der Waals surface area contributed by atoms with Crippen molar-refractivity contribution in [1.82, 2.24) is 20.2 Å². The third kappa shape index (κ3) is 1.86. The molecule has 94 valence electrons. The van der Waals surface area contributed by atoms with Gasteiger partial charge in [0.15, 0.2) is 0 Å². The summed E-state index contributed by atoms with van der Waals surface area (Å²) in [6.45, 7) is 4.56. The Morgan fingerprint density at radius 3 is 3.22 bits per heavy atom. The molecular weight excluding hydrogens is 228 g/mol. The summed E-state index contributed by atoms with van der Waals surface area (Å²) in [5.74, 6) is 0.0977. The minimum absolute atomic E-state index is 0.0977. The molecule has 3 rings (SSSR count). The highest BCUT2D eigenvalue weighted by molar-refractivity contribution is 5.97. The van der Waals surface area contributed by atoms with Gasteiger partial charge < -0.3 is 15.2 Å². The Morgan fingerprint density at radius 1 is 1.50 bits per heavy atom. The van der Waals surface area contributed by atoms with Crippen molar-refractivity contribution in [2.45, 2.75) is 13.0 Å². The summed E-state index contributed by atoms with van der Waals surface area (Å²) in [7, 11) is 0. The molecule has 1 atom stereocenters. The van der Waals surface area contributed by atoms with Crippen LogP contribution in [0.4, 0.5) is 0 Å². The van der Waals surface area contributed by atoms with E-state index in [1.54, 1.807) is 6.33 Å². The van der Waals surface area contributed by atoms with Gasteiger partial charge in [-0.2, -0.15) is 0 Å². The maximum atomic E-state index is 12.4. The molecule has 1 saturated heterocycles. The van der Waals surface area contributed by atoms with E-state index in [4.69, 9.17) is 0 Å². The van der Waals surface area contributed by atoms with Crippen LogP contribution in [0.3, 0.4) is 0 Å². The highest BCUT2D eigenvalue weighted by atomic mass is 16.2. The number of carbonyl (C=O) groups is 1. The van der Waals surface area contributed by atoms with Gasteiger partial charge in [0, 0.05) is 31.2 Å². The average Bonchev–Trinajstić information content (AvgIpc) is 2.85. The normalized spacial score (nSPS) is 20.3. The molecule has 0 radical (unpaired) electrons. The Bertz CT molecular complexity index is 577. The molecule has 2 aromatic rings. The Morgan fingerprint density at radius 2 is 2.39 bits per heavy atom. The first-order valence-electron chi connectivity index (χ1n) is 6.20. The van der Waals surface area contributed by atoms with Crippen LogP contribution in [0, 0.1) is 0 Å². The lowest BCUT2D eigenvalue weighted by Gasteiger charge is -2.34. The van der Waals surface area contributed by atoms with E-state index in [0.29, 0.717) is 0 Å². The highest BCUT2D eigenvalue weighted by Gasteiger charge is 2.24. The van der Waals surface area contributed by atoms with Crippen molar-refractivity contribution < 1.29 is 4.79 Å². The van der Waals surface area contributed by atoms with E-state index in [0.717, 1.165) is 36.2 Å². The molecule has 1 aliphatic rings. The number of carbonyl (C=O) groups excluding carboxylic acids is 1. The molecule has 1 unspecified atom stereocenters. The highest BCUT2D eigenvalue weighted by Crippen LogP contribution is 2.15. The van der Waals surface area contributed by atoms with Crippen LogP contribution in [0.2, 0.25) is 0 Å². The Hall–Kier alpha value is -1.88. The molecule has 5 nitrogen and oxygen atoms in total. The molecule has 0 spiro atoms. The second-order valence-corrected chi connectivity index (χ2v) is 4.69. The number of hydrogen-bond donors (Lipinski definition) is 2. The summed E-state index contributed by atoms with van der Waals surface area (Å²) < 4.78 is 0. The smallest absolute Gasteiger partial charge is 0.254 e. The number of benzene rings is 1. The summed E-state index contributed by atoms with van der Waals surface area (Å²) in [6, 6.07) is 5.84. The Labute approximate surface area is 105 Å². The van der Waals surface area contributed by atoms with Crippen molar-refractivity contribution in [1.29, 1.82) is 0 Å². The predicted molar refractivity (Wildman–Crippen MR) is 69.5 cm³/mol. The largest absolute Gasteiger partial charge is 0.345 e. The zero-order valence-corrected chi connectivity index (χ0v) is 10.3. The second-order valence-electron chi connectivity index (χ2n) is 4.69. The molecule has 0 saturated carbocycles. The van der Waals surface area contributed by atoms with Crippen molar-refractivity contribution in [2.24, 2.45) is 0 Å². The van der Waals surface area contributed by atoms with E-state index < -0.39 is 0 Å². The summed E-state index contributed by atoms with van der Waals surface area (Å²) in [5.41, 5.74) is 2.52. The molecule has 0 aliphatic carbocycles. The Balaban J connectivity index is 1.90. The predicted octanol–water partition coefficient (Wildman–Crippen LogP) is 0.997. The molecular formula is C13H16N4O. The van der Waals surface area contributed by atoms with Gasteiger partial charge in [-0.1, -0.05) is 0 Å². The van der Waals surface area contributed by atoms with E-state index in [-0.39, 0.29) is 11.9 Å². The molecule has 1 fully saturated rings. The van der Waals surface area contributed by atoms with Crippen LogP contribution in [-0.2, 0) is 0 Å². The number of H-pyrrole nitrogens is 1. The summed E-state index contributed by atoms with van der Waals surface area (Å²) >= 11 is 0. The number of nitrogens with zero attached hydrogens (tertiary/aromatic N) is 2. The topological polar surface area (TPSA) is 61.0 Å².